The summed E-state index contributed by atoms with van der Waals surface area (Å²) in [5, 5.41) is 7.03. The van der Waals surface area contributed by atoms with Crippen LogP contribution in [0.2, 0.25) is 0 Å². The lowest BCUT2D eigenvalue weighted by molar-refractivity contribution is 0.430. The normalized spacial score (nSPS) is 22.1. The molecule has 1 aliphatic rings. The second-order valence-electron chi connectivity index (χ2n) is 3.95. The maximum absolute atomic E-state index is 3.58. The summed E-state index contributed by atoms with van der Waals surface area (Å²) in [5.74, 6) is 0. The van der Waals surface area contributed by atoms with Crippen molar-refractivity contribution in [2.75, 3.05) is 6.54 Å². The Morgan fingerprint density at radius 3 is 2.67 bits per heavy atom. The van der Waals surface area contributed by atoms with Crippen LogP contribution < -0.4 is 10.6 Å². The zero-order valence-corrected chi connectivity index (χ0v) is 9.89. The van der Waals surface area contributed by atoms with Crippen molar-refractivity contribution in [3.8, 4) is 0 Å². The maximum Gasteiger partial charge on any atom is 0.0576 e. The lowest BCUT2D eigenvalue weighted by Gasteiger charge is -2.19. The Morgan fingerprint density at radius 1 is 1.33 bits per heavy atom. The average Bonchev–Trinajstić information content (AvgIpc) is 2.72. The van der Waals surface area contributed by atoms with E-state index in [0.29, 0.717) is 12.2 Å². The Morgan fingerprint density at radius 2 is 2.07 bits per heavy atom. The molecule has 0 saturated carbocycles. The van der Waals surface area contributed by atoms with Crippen molar-refractivity contribution in [2.24, 2.45) is 0 Å². The molecule has 0 bridgehead atoms. The van der Waals surface area contributed by atoms with E-state index in [2.05, 4.69) is 47.9 Å². The third kappa shape index (κ3) is 3.49. The highest BCUT2D eigenvalue weighted by atomic mass is 35.5. The van der Waals surface area contributed by atoms with Gasteiger partial charge in [-0.15, -0.1) is 12.4 Å². The first-order valence-electron chi connectivity index (χ1n) is 5.40. The Labute approximate surface area is 97.9 Å². The molecule has 0 aliphatic carbocycles. The minimum absolute atomic E-state index is 0. The van der Waals surface area contributed by atoms with Crippen molar-refractivity contribution in [3.63, 3.8) is 0 Å². The van der Waals surface area contributed by atoms with E-state index in [1.807, 2.05) is 0 Å². The van der Waals surface area contributed by atoms with Gasteiger partial charge in [0.15, 0.2) is 0 Å². The second kappa shape index (κ2) is 6.11. The Kier molecular flexibility index (Phi) is 5.09. The number of hydrogen-bond donors (Lipinski definition) is 2. The fraction of sp³-hybridized carbons (Fsp3) is 0.500. The minimum Gasteiger partial charge on any atom is -0.302 e. The zero-order valence-electron chi connectivity index (χ0n) is 9.07. The van der Waals surface area contributed by atoms with Crippen LogP contribution in [-0.2, 0) is 0 Å². The molecule has 2 unspecified atom stereocenters. The van der Waals surface area contributed by atoms with E-state index in [1.165, 1.54) is 18.4 Å². The summed E-state index contributed by atoms with van der Waals surface area (Å²) in [6.07, 6.45) is 3.04. The summed E-state index contributed by atoms with van der Waals surface area (Å²) in [5.41, 5.74) is 1.36. The summed E-state index contributed by atoms with van der Waals surface area (Å²) in [6, 6.07) is 11.0. The van der Waals surface area contributed by atoms with Crippen molar-refractivity contribution in [2.45, 2.75) is 32.0 Å². The lowest BCUT2D eigenvalue weighted by atomic mass is 10.1. The molecule has 0 aromatic heterocycles. The molecular formula is C12H19ClN2. The Bertz CT molecular complexity index is 270. The Balaban J connectivity index is 0.00000112. The van der Waals surface area contributed by atoms with Gasteiger partial charge in [0.25, 0.3) is 0 Å². The first-order chi connectivity index (χ1) is 6.86. The molecule has 0 spiro atoms. The third-order valence-electron chi connectivity index (χ3n) is 2.81. The van der Waals surface area contributed by atoms with Gasteiger partial charge in [0, 0.05) is 6.04 Å². The van der Waals surface area contributed by atoms with E-state index in [4.69, 9.17) is 0 Å². The molecule has 84 valence electrons. The third-order valence-corrected chi connectivity index (χ3v) is 2.81. The standard InChI is InChI=1S/C12H18N2.ClH/c1-10(11-6-3-2-4-7-11)14-12-8-5-9-13-12;/h2-4,6-7,10,12-14H,5,8-9H2,1H3;1H. The molecule has 1 saturated heterocycles. The first-order valence-corrected chi connectivity index (χ1v) is 5.40. The smallest absolute Gasteiger partial charge is 0.0576 e. The van der Waals surface area contributed by atoms with Gasteiger partial charge in [0.05, 0.1) is 6.17 Å². The van der Waals surface area contributed by atoms with Crippen molar-refractivity contribution >= 4 is 12.4 Å². The predicted octanol–water partition coefficient (Wildman–Crippen LogP) is 2.47. The van der Waals surface area contributed by atoms with Crippen LogP contribution in [0.25, 0.3) is 0 Å². The van der Waals surface area contributed by atoms with E-state index < -0.39 is 0 Å². The topological polar surface area (TPSA) is 24.1 Å². The van der Waals surface area contributed by atoms with Crippen molar-refractivity contribution in [3.05, 3.63) is 35.9 Å². The van der Waals surface area contributed by atoms with Gasteiger partial charge in [-0.25, -0.2) is 0 Å². The molecular weight excluding hydrogens is 208 g/mol. The average molecular weight is 227 g/mol. The van der Waals surface area contributed by atoms with Crippen molar-refractivity contribution < 1.29 is 0 Å². The Hall–Kier alpha value is -0.570. The van der Waals surface area contributed by atoms with Gasteiger partial charge < -0.3 is 5.32 Å². The monoisotopic (exact) mass is 226 g/mol. The molecule has 2 atom stereocenters. The van der Waals surface area contributed by atoms with Crippen LogP contribution in [-0.4, -0.2) is 12.7 Å². The summed E-state index contributed by atoms with van der Waals surface area (Å²) in [6.45, 7) is 3.37. The summed E-state index contributed by atoms with van der Waals surface area (Å²) < 4.78 is 0. The molecule has 1 fully saturated rings. The van der Waals surface area contributed by atoms with Gasteiger partial charge >= 0.3 is 0 Å². The van der Waals surface area contributed by atoms with Gasteiger partial charge in [-0.1, -0.05) is 30.3 Å². The zero-order chi connectivity index (χ0) is 9.80. The fourth-order valence-electron chi connectivity index (χ4n) is 1.97. The lowest BCUT2D eigenvalue weighted by Crippen LogP contribution is -2.38. The number of rotatable bonds is 3. The second-order valence-corrected chi connectivity index (χ2v) is 3.95. The van der Waals surface area contributed by atoms with Crippen molar-refractivity contribution in [1.82, 2.24) is 10.6 Å². The summed E-state index contributed by atoms with van der Waals surface area (Å²) >= 11 is 0. The maximum atomic E-state index is 3.58. The first kappa shape index (κ1) is 12.5. The van der Waals surface area contributed by atoms with Gasteiger partial charge in [0.1, 0.15) is 0 Å². The van der Waals surface area contributed by atoms with E-state index in [9.17, 15) is 0 Å². The number of nitrogens with one attached hydrogen (secondary N) is 2. The van der Waals surface area contributed by atoms with Crippen LogP contribution in [0.4, 0.5) is 0 Å². The van der Waals surface area contributed by atoms with E-state index in [0.717, 1.165) is 6.54 Å². The fourth-order valence-corrected chi connectivity index (χ4v) is 1.97. The number of halogens is 1. The van der Waals surface area contributed by atoms with E-state index >= 15 is 0 Å². The quantitative estimate of drug-likeness (QED) is 0.828. The SMILES string of the molecule is CC(NC1CCCN1)c1ccccc1.Cl. The highest BCUT2D eigenvalue weighted by Gasteiger charge is 2.16. The van der Waals surface area contributed by atoms with Crippen LogP contribution in [0.5, 0.6) is 0 Å². The largest absolute Gasteiger partial charge is 0.302 e. The molecule has 3 heteroatoms. The van der Waals surface area contributed by atoms with Gasteiger partial charge in [-0.3, -0.25) is 5.32 Å². The van der Waals surface area contributed by atoms with Gasteiger partial charge in [-0.05, 0) is 31.9 Å². The molecule has 1 heterocycles. The van der Waals surface area contributed by atoms with Crippen LogP contribution in [0, 0.1) is 0 Å². The summed E-state index contributed by atoms with van der Waals surface area (Å²) in [4.78, 5) is 0. The van der Waals surface area contributed by atoms with Crippen LogP contribution in [0.15, 0.2) is 30.3 Å². The molecule has 2 rings (SSSR count). The van der Waals surface area contributed by atoms with Gasteiger partial charge in [0.2, 0.25) is 0 Å². The molecule has 2 nitrogen and oxygen atoms in total. The highest BCUT2D eigenvalue weighted by Crippen LogP contribution is 2.13. The van der Waals surface area contributed by atoms with E-state index in [1.54, 1.807) is 0 Å². The number of benzene rings is 1. The van der Waals surface area contributed by atoms with E-state index in [-0.39, 0.29) is 12.4 Å². The molecule has 1 aliphatic heterocycles. The number of hydrogen-bond acceptors (Lipinski definition) is 2. The molecule has 15 heavy (non-hydrogen) atoms. The molecule has 1 aromatic rings. The highest BCUT2D eigenvalue weighted by molar-refractivity contribution is 5.85. The molecule has 2 N–H and O–H groups in total. The van der Waals surface area contributed by atoms with Crippen LogP contribution >= 0.6 is 12.4 Å². The van der Waals surface area contributed by atoms with Gasteiger partial charge in [-0.2, -0.15) is 0 Å². The predicted molar refractivity (Wildman–Crippen MR) is 66.3 cm³/mol. The molecule has 0 amide bonds. The van der Waals surface area contributed by atoms with Crippen molar-refractivity contribution in [1.29, 1.82) is 0 Å². The molecule has 1 aromatic carbocycles. The molecule has 0 radical (unpaired) electrons. The van der Waals surface area contributed by atoms with Crippen LogP contribution in [0.1, 0.15) is 31.4 Å². The van der Waals surface area contributed by atoms with Crippen LogP contribution in [0.3, 0.4) is 0 Å². The minimum atomic E-state index is 0. The summed E-state index contributed by atoms with van der Waals surface area (Å²) in [7, 11) is 0.